The van der Waals surface area contributed by atoms with Crippen molar-refractivity contribution in [3.63, 3.8) is 0 Å². The highest BCUT2D eigenvalue weighted by atomic mass is 32.2. The molecule has 0 saturated heterocycles. The molecule has 174 valence electrons. The summed E-state index contributed by atoms with van der Waals surface area (Å²) in [6.45, 7) is 0.257. The van der Waals surface area contributed by atoms with Gasteiger partial charge >= 0.3 is 0 Å². The topological polar surface area (TPSA) is 92.8 Å². The summed E-state index contributed by atoms with van der Waals surface area (Å²) < 4.78 is 88.0. The quantitative estimate of drug-likeness (QED) is 0.561. The fraction of sp³-hybridized carbons (Fsp3) is 0.182. The maximum Gasteiger partial charge on any atom is 0.267 e. The van der Waals surface area contributed by atoms with Gasteiger partial charge in [-0.05, 0) is 73.0 Å². The Hall–Kier alpha value is -3.18. The Kier molecular flexibility index (Phi) is 6.02. The first-order chi connectivity index (χ1) is 15.6. The molecule has 1 heterocycles. The molecule has 0 saturated carbocycles. The summed E-state index contributed by atoms with van der Waals surface area (Å²) in [5.41, 5.74) is 1.07. The lowest BCUT2D eigenvalue weighted by Crippen LogP contribution is -2.35. The molecule has 0 aliphatic carbocycles. The van der Waals surface area contributed by atoms with Crippen LogP contribution in [0.5, 0.6) is 5.75 Å². The SMILES string of the molecule is COc1ccc(S(=O)(=O)N2CCCc3cc(NS(=O)(=O)c4c(F)cccc4F)ccc32)cc1. The molecule has 0 spiro atoms. The van der Waals surface area contributed by atoms with Crippen LogP contribution in [0.3, 0.4) is 0 Å². The maximum atomic E-state index is 14.0. The van der Waals surface area contributed by atoms with Crippen molar-refractivity contribution in [1.29, 1.82) is 0 Å². The lowest BCUT2D eigenvalue weighted by atomic mass is 10.0. The third kappa shape index (κ3) is 4.38. The number of nitrogens with one attached hydrogen (secondary N) is 1. The Balaban J connectivity index is 1.66. The minimum atomic E-state index is -4.54. The van der Waals surface area contributed by atoms with Crippen LogP contribution in [-0.2, 0) is 26.5 Å². The number of nitrogens with zero attached hydrogens (tertiary/aromatic N) is 1. The van der Waals surface area contributed by atoms with Crippen molar-refractivity contribution >= 4 is 31.4 Å². The predicted molar refractivity (Wildman–Crippen MR) is 119 cm³/mol. The molecule has 0 fully saturated rings. The van der Waals surface area contributed by atoms with Crippen molar-refractivity contribution in [2.24, 2.45) is 0 Å². The maximum absolute atomic E-state index is 14.0. The van der Waals surface area contributed by atoms with Gasteiger partial charge in [0.15, 0.2) is 4.90 Å². The molecule has 3 aromatic rings. The molecule has 0 radical (unpaired) electrons. The Morgan fingerprint density at radius 1 is 0.939 bits per heavy atom. The van der Waals surface area contributed by atoms with Gasteiger partial charge in [-0.2, -0.15) is 0 Å². The van der Waals surface area contributed by atoms with Crippen LogP contribution >= 0.6 is 0 Å². The van der Waals surface area contributed by atoms with Gasteiger partial charge in [0.2, 0.25) is 0 Å². The summed E-state index contributed by atoms with van der Waals surface area (Å²) >= 11 is 0. The van der Waals surface area contributed by atoms with E-state index in [2.05, 4.69) is 4.72 Å². The Bertz CT molecular complexity index is 1390. The summed E-state index contributed by atoms with van der Waals surface area (Å²) in [5.74, 6) is -1.90. The van der Waals surface area contributed by atoms with Crippen LogP contribution in [0.25, 0.3) is 0 Å². The zero-order valence-corrected chi connectivity index (χ0v) is 19.1. The lowest BCUT2D eigenvalue weighted by Gasteiger charge is -2.31. The summed E-state index contributed by atoms with van der Waals surface area (Å²) in [4.78, 5) is -0.984. The Morgan fingerprint density at radius 3 is 2.24 bits per heavy atom. The molecule has 0 bridgehead atoms. The zero-order valence-electron chi connectivity index (χ0n) is 17.5. The van der Waals surface area contributed by atoms with Crippen molar-refractivity contribution in [2.75, 3.05) is 22.7 Å². The number of rotatable bonds is 6. The smallest absolute Gasteiger partial charge is 0.267 e. The summed E-state index contributed by atoms with van der Waals surface area (Å²) in [7, 11) is -6.92. The third-order valence-electron chi connectivity index (χ3n) is 5.24. The van der Waals surface area contributed by atoms with E-state index in [1.165, 1.54) is 41.7 Å². The second-order valence-electron chi connectivity index (χ2n) is 7.36. The number of anilines is 2. The lowest BCUT2D eigenvalue weighted by molar-refractivity contribution is 0.414. The number of hydrogen-bond acceptors (Lipinski definition) is 5. The number of halogens is 2. The fourth-order valence-electron chi connectivity index (χ4n) is 3.70. The second kappa shape index (κ2) is 8.64. The predicted octanol–water partition coefficient (Wildman–Crippen LogP) is 3.92. The second-order valence-corrected chi connectivity index (χ2v) is 10.8. The minimum Gasteiger partial charge on any atom is -0.497 e. The molecule has 0 atom stereocenters. The minimum absolute atomic E-state index is 0.0695. The van der Waals surface area contributed by atoms with Gasteiger partial charge < -0.3 is 4.74 Å². The van der Waals surface area contributed by atoms with Gasteiger partial charge in [-0.1, -0.05) is 6.07 Å². The normalized spacial score (nSPS) is 14.0. The van der Waals surface area contributed by atoms with Crippen LogP contribution in [0, 0.1) is 11.6 Å². The van der Waals surface area contributed by atoms with E-state index in [9.17, 15) is 25.6 Å². The standard InChI is InChI=1S/C22H20F2N2O5S2/c1-31-17-8-10-18(11-9-17)33(29,30)26-13-3-4-15-14-16(7-12-21(15)26)25-32(27,28)22-19(23)5-2-6-20(22)24/h2,5-12,14,25H,3-4,13H2,1H3. The van der Waals surface area contributed by atoms with E-state index in [4.69, 9.17) is 4.74 Å². The zero-order chi connectivity index (χ0) is 23.8. The van der Waals surface area contributed by atoms with E-state index in [-0.39, 0.29) is 17.1 Å². The molecule has 4 rings (SSSR count). The van der Waals surface area contributed by atoms with E-state index < -0.39 is 36.6 Å². The van der Waals surface area contributed by atoms with Gasteiger partial charge in [-0.15, -0.1) is 0 Å². The van der Waals surface area contributed by atoms with Gasteiger partial charge in [-0.3, -0.25) is 9.03 Å². The number of sulfonamides is 2. The number of fused-ring (bicyclic) bond motifs is 1. The number of ether oxygens (including phenoxy) is 1. The average Bonchev–Trinajstić information content (AvgIpc) is 2.78. The van der Waals surface area contributed by atoms with Gasteiger partial charge in [0.05, 0.1) is 17.7 Å². The van der Waals surface area contributed by atoms with Crippen molar-refractivity contribution in [2.45, 2.75) is 22.6 Å². The molecule has 11 heteroatoms. The number of aryl methyl sites for hydroxylation is 1. The largest absolute Gasteiger partial charge is 0.497 e. The first kappa shape index (κ1) is 23.0. The molecule has 1 aliphatic heterocycles. The van der Waals surface area contributed by atoms with Crippen LogP contribution < -0.4 is 13.8 Å². The summed E-state index contributed by atoms with van der Waals surface area (Å²) in [6.07, 6.45) is 1.02. The van der Waals surface area contributed by atoms with Crippen molar-refractivity contribution in [3.8, 4) is 5.75 Å². The van der Waals surface area contributed by atoms with Crippen molar-refractivity contribution < 1.29 is 30.4 Å². The van der Waals surface area contributed by atoms with E-state index >= 15 is 0 Å². The van der Waals surface area contributed by atoms with Crippen LogP contribution in [0.4, 0.5) is 20.2 Å². The van der Waals surface area contributed by atoms with Gasteiger partial charge in [0.25, 0.3) is 20.0 Å². The van der Waals surface area contributed by atoms with Crippen LogP contribution in [0.1, 0.15) is 12.0 Å². The average molecular weight is 495 g/mol. The van der Waals surface area contributed by atoms with Crippen LogP contribution in [-0.4, -0.2) is 30.5 Å². The van der Waals surface area contributed by atoms with E-state index in [1.807, 2.05) is 0 Å². The third-order valence-corrected chi connectivity index (χ3v) is 8.50. The van der Waals surface area contributed by atoms with Gasteiger partial charge in [-0.25, -0.2) is 25.6 Å². The molecular formula is C22H20F2N2O5S2. The fourth-order valence-corrected chi connectivity index (χ4v) is 6.43. The first-order valence-corrected chi connectivity index (χ1v) is 12.8. The monoisotopic (exact) mass is 494 g/mol. The molecule has 1 aliphatic rings. The summed E-state index contributed by atoms with van der Waals surface area (Å²) in [6, 6.07) is 13.1. The molecule has 33 heavy (non-hydrogen) atoms. The van der Waals surface area contributed by atoms with Crippen molar-refractivity contribution in [1.82, 2.24) is 0 Å². The Labute approximate surface area is 190 Å². The van der Waals surface area contributed by atoms with Crippen molar-refractivity contribution in [3.05, 3.63) is 77.9 Å². The van der Waals surface area contributed by atoms with E-state index in [0.29, 0.717) is 29.8 Å². The molecule has 0 aromatic heterocycles. The number of hydrogen-bond donors (Lipinski definition) is 1. The van der Waals surface area contributed by atoms with E-state index in [1.54, 1.807) is 12.1 Å². The van der Waals surface area contributed by atoms with E-state index in [0.717, 1.165) is 18.2 Å². The molecule has 3 aromatic carbocycles. The molecule has 0 amide bonds. The van der Waals surface area contributed by atoms with Crippen LogP contribution in [0.15, 0.2) is 70.5 Å². The highest BCUT2D eigenvalue weighted by molar-refractivity contribution is 7.93. The molecule has 0 unspecified atom stereocenters. The Morgan fingerprint density at radius 2 is 1.61 bits per heavy atom. The van der Waals surface area contributed by atoms with Crippen LogP contribution in [0.2, 0.25) is 0 Å². The summed E-state index contributed by atoms with van der Waals surface area (Å²) in [5, 5.41) is 0. The highest BCUT2D eigenvalue weighted by Gasteiger charge is 2.30. The van der Waals surface area contributed by atoms with Gasteiger partial charge in [0.1, 0.15) is 17.4 Å². The molecule has 7 nitrogen and oxygen atoms in total. The van der Waals surface area contributed by atoms with Gasteiger partial charge in [0, 0.05) is 12.2 Å². The highest BCUT2D eigenvalue weighted by Crippen LogP contribution is 2.35. The first-order valence-electron chi connectivity index (χ1n) is 9.90. The number of benzene rings is 3. The number of methoxy groups -OCH3 is 1. The molecule has 1 N–H and O–H groups in total. The molecular weight excluding hydrogens is 474 g/mol.